The van der Waals surface area contributed by atoms with Crippen molar-refractivity contribution in [1.29, 1.82) is 5.26 Å². The molecule has 0 radical (unpaired) electrons. The molecule has 0 spiro atoms. The van der Waals surface area contributed by atoms with Gasteiger partial charge in [-0.2, -0.15) is 5.26 Å². The Morgan fingerprint density at radius 1 is 1.52 bits per heavy atom. The van der Waals surface area contributed by atoms with E-state index in [1.807, 2.05) is 6.92 Å². The van der Waals surface area contributed by atoms with Gasteiger partial charge in [0.1, 0.15) is 11.1 Å². The lowest BCUT2D eigenvalue weighted by Crippen LogP contribution is -2.17. The molecule has 1 aromatic rings. The average Bonchev–Trinajstić information content (AvgIpc) is 2.81. The number of hydrogen-bond donors (Lipinski definition) is 2. The number of carboxylic acids is 1. The Hall–Kier alpha value is -1.87. The molecule has 0 saturated carbocycles. The van der Waals surface area contributed by atoms with Crippen LogP contribution in [-0.4, -0.2) is 17.0 Å². The van der Waals surface area contributed by atoms with E-state index in [0.717, 1.165) is 30.6 Å². The number of anilines is 1. The van der Waals surface area contributed by atoms with Gasteiger partial charge in [0.15, 0.2) is 0 Å². The van der Waals surface area contributed by atoms with Crippen LogP contribution in [0.3, 0.4) is 0 Å². The van der Waals surface area contributed by atoms with Gasteiger partial charge in [-0.25, -0.2) is 0 Å². The third-order valence-electron chi connectivity index (χ3n) is 3.69. The van der Waals surface area contributed by atoms with Gasteiger partial charge in [-0.05, 0) is 25.7 Å². The highest BCUT2D eigenvalue weighted by Crippen LogP contribution is 2.43. The average molecular weight is 306 g/mol. The van der Waals surface area contributed by atoms with Crippen LogP contribution in [-0.2, 0) is 16.0 Å². The number of thiophene rings is 1. The fourth-order valence-electron chi connectivity index (χ4n) is 2.63. The summed E-state index contributed by atoms with van der Waals surface area (Å²) >= 11 is 1.35. The number of aliphatic carboxylic acids is 1. The maximum atomic E-state index is 11.8. The highest BCUT2D eigenvalue weighted by Gasteiger charge is 2.32. The molecular weight excluding hydrogens is 288 g/mol. The molecule has 0 aromatic carbocycles. The van der Waals surface area contributed by atoms with Crippen LogP contribution in [0.15, 0.2) is 0 Å². The number of rotatable bonds is 5. The summed E-state index contributed by atoms with van der Waals surface area (Å²) in [4.78, 5) is 24.1. The second-order valence-electron chi connectivity index (χ2n) is 5.19. The second kappa shape index (κ2) is 6.72. The molecular formula is C15H18N2O3S. The molecule has 0 bridgehead atoms. The Morgan fingerprint density at radius 3 is 2.90 bits per heavy atom. The smallest absolute Gasteiger partial charge is 0.311 e. The van der Waals surface area contributed by atoms with Crippen LogP contribution in [0.4, 0.5) is 5.00 Å². The Balaban J connectivity index is 2.31. The summed E-state index contributed by atoms with van der Waals surface area (Å²) in [5.41, 5.74) is 0.957. The normalized spacial score (nSPS) is 16.9. The number of nitrogens with zero attached hydrogens (tertiary/aromatic N) is 1. The predicted molar refractivity (Wildman–Crippen MR) is 80.5 cm³/mol. The van der Waals surface area contributed by atoms with E-state index in [2.05, 4.69) is 11.4 Å². The van der Waals surface area contributed by atoms with Crippen LogP contribution in [0.1, 0.15) is 60.9 Å². The van der Waals surface area contributed by atoms with Crippen molar-refractivity contribution in [1.82, 2.24) is 0 Å². The van der Waals surface area contributed by atoms with Gasteiger partial charge in [0.05, 0.1) is 11.5 Å². The lowest BCUT2D eigenvalue weighted by molar-refractivity contribution is -0.139. The number of hydrogen-bond acceptors (Lipinski definition) is 4. The zero-order valence-corrected chi connectivity index (χ0v) is 12.8. The lowest BCUT2D eigenvalue weighted by atomic mass is 9.85. The Bertz CT molecular complexity index is 601. The molecule has 1 aromatic heterocycles. The van der Waals surface area contributed by atoms with Crippen LogP contribution in [0.2, 0.25) is 0 Å². The summed E-state index contributed by atoms with van der Waals surface area (Å²) in [5, 5.41) is 22.0. The summed E-state index contributed by atoms with van der Waals surface area (Å²) in [7, 11) is 0. The standard InChI is InChI=1S/C15H18N2O3S/c1-2-3-7-12(18)17-14-10(8-16)13-9(15(19)20)5-4-6-11(13)21-14/h9H,2-7H2,1H3,(H,17,18)(H,19,20). The topological polar surface area (TPSA) is 90.2 Å². The van der Waals surface area contributed by atoms with Gasteiger partial charge in [0, 0.05) is 16.9 Å². The first kappa shape index (κ1) is 15.5. The minimum absolute atomic E-state index is 0.112. The van der Waals surface area contributed by atoms with Gasteiger partial charge < -0.3 is 10.4 Å². The summed E-state index contributed by atoms with van der Waals surface area (Å²) in [6, 6.07) is 2.08. The molecule has 1 atom stereocenters. The number of carbonyl (C=O) groups is 2. The van der Waals surface area contributed by atoms with Crippen molar-refractivity contribution in [3.8, 4) is 6.07 Å². The Labute approximate surface area is 127 Å². The highest BCUT2D eigenvalue weighted by molar-refractivity contribution is 7.16. The van der Waals surface area contributed by atoms with Crippen molar-refractivity contribution < 1.29 is 14.7 Å². The first-order valence-electron chi connectivity index (χ1n) is 7.16. The molecule has 0 saturated heterocycles. The van der Waals surface area contributed by atoms with E-state index in [9.17, 15) is 20.0 Å². The second-order valence-corrected chi connectivity index (χ2v) is 6.29. The van der Waals surface area contributed by atoms with Gasteiger partial charge in [-0.1, -0.05) is 13.3 Å². The van der Waals surface area contributed by atoms with E-state index in [1.165, 1.54) is 11.3 Å². The first-order chi connectivity index (χ1) is 10.1. The van der Waals surface area contributed by atoms with Crippen LogP contribution in [0, 0.1) is 11.3 Å². The number of nitriles is 1. The van der Waals surface area contributed by atoms with E-state index in [-0.39, 0.29) is 5.91 Å². The molecule has 1 amide bonds. The molecule has 1 unspecified atom stereocenters. The zero-order valence-electron chi connectivity index (χ0n) is 11.9. The SMILES string of the molecule is CCCCC(=O)Nc1sc2c(c1C#N)C(C(=O)O)CCC2. The third kappa shape index (κ3) is 3.24. The molecule has 1 aliphatic carbocycles. The molecule has 1 heterocycles. The van der Waals surface area contributed by atoms with Crippen LogP contribution >= 0.6 is 11.3 Å². The lowest BCUT2D eigenvalue weighted by Gasteiger charge is -2.18. The Kier molecular flexibility index (Phi) is 4.97. The van der Waals surface area contributed by atoms with Crippen LogP contribution < -0.4 is 5.32 Å². The molecule has 2 rings (SSSR count). The van der Waals surface area contributed by atoms with Crippen molar-refractivity contribution in [2.24, 2.45) is 0 Å². The maximum absolute atomic E-state index is 11.8. The van der Waals surface area contributed by atoms with Gasteiger partial charge in [0.2, 0.25) is 5.91 Å². The fourth-order valence-corrected chi connectivity index (χ4v) is 3.90. The minimum Gasteiger partial charge on any atom is -0.481 e. The molecule has 1 aliphatic rings. The number of aryl methyl sites for hydroxylation is 1. The number of fused-ring (bicyclic) bond motifs is 1. The maximum Gasteiger partial charge on any atom is 0.311 e. The van der Waals surface area contributed by atoms with Crippen molar-refractivity contribution >= 4 is 28.2 Å². The van der Waals surface area contributed by atoms with E-state index in [1.54, 1.807) is 0 Å². The van der Waals surface area contributed by atoms with Crippen molar-refractivity contribution in [2.45, 2.75) is 51.4 Å². The van der Waals surface area contributed by atoms with E-state index < -0.39 is 11.9 Å². The van der Waals surface area contributed by atoms with Crippen molar-refractivity contribution in [3.63, 3.8) is 0 Å². The summed E-state index contributed by atoms with van der Waals surface area (Å²) in [6.07, 6.45) is 4.29. The monoisotopic (exact) mass is 306 g/mol. The zero-order chi connectivity index (χ0) is 15.4. The molecule has 21 heavy (non-hydrogen) atoms. The predicted octanol–water partition coefficient (Wildman–Crippen LogP) is 3.25. The largest absolute Gasteiger partial charge is 0.481 e. The first-order valence-corrected chi connectivity index (χ1v) is 7.98. The van der Waals surface area contributed by atoms with Crippen LogP contribution in [0.25, 0.3) is 0 Å². The Morgan fingerprint density at radius 2 is 2.29 bits per heavy atom. The van der Waals surface area contributed by atoms with Crippen molar-refractivity contribution in [3.05, 3.63) is 16.0 Å². The van der Waals surface area contributed by atoms with Gasteiger partial charge >= 0.3 is 5.97 Å². The molecule has 5 nitrogen and oxygen atoms in total. The third-order valence-corrected chi connectivity index (χ3v) is 4.87. The van der Waals surface area contributed by atoms with E-state index in [4.69, 9.17) is 0 Å². The summed E-state index contributed by atoms with van der Waals surface area (Å²) < 4.78 is 0. The molecule has 6 heteroatoms. The molecule has 0 fully saturated rings. The quantitative estimate of drug-likeness (QED) is 0.873. The number of carboxylic acid groups (broad SMARTS) is 1. The molecule has 112 valence electrons. The number of nitrogens with one attached hydrogen (secondary N) is 1. The summed E-state index contributed by atoms with van der Waals surface area (Å²) in [5.74, 6) is -1.63. The van der Waals surface area contributed by atoms with E-state index >= 15 is 0 Å². The number of carbonyl (C=O) groups excluding carboxylic acids is 1. The van der Waals surface area contributed by atoms with Gasteiger partial charge in [-0.3, -0.25) is 9.59 Å². The fraction of sp³-hybridized carbons (Fsp3) is 0.533. The van der Waals surface area contributed by atoms with E-state index in [0.29, 0.717) is 29.0 Å². The van der Waals surface area contributed by atoms with Gasteiger partial charge in [0.25, 0.3) is 0 Å². The van der Waals surface area contributed by atoms with Crippen LogP contribution in [0.5, 0.6) is 0 Å². The molecule has 0 aliphatic heterocycles. The minimum atomic E-state index is -0.894. The summed E-state index contributed by atoms with van der Waals surface area (Å²) in [6.45, 7) is 2.01. The van der Waals surface area contributed by atoms with Gasteiger partial charge in [-0.15, -0.1) is 11.3 Å². The molecule has 2 N–H and O–H groups in total. The highest BCUT2D eigenvalue weighted by atomic mass is 32.1. The number of unbranched alkanes of at least 4 members (excludes halogenated alkanes) is 1. The number of amides is 1. The van der Waals surface area contributed by atoms with Crippen molar-refractivity contribution in [2.75, 3.05) is 5.32 Å².